The summed E-state index contributed by atoms with van der Waals surface area (Å²) < 4.78 is 41.6. The molecular weight excluding hydrogens is 297 g/mol. The van der Waals surface area contributed by atoms with Gasteiger partial charge in [0.05, 0.1) is 11.5 Å². The van der Waals surface area contributed by atoms with Crippen LogP contribution in [0, 0.1) is 5.82 Å². The van der Waals surface area contributed by atoms with E-state index < -0.39 is 27.7 Å². The van der Waals surface area contributed by atoms with Crippen LogP contribution in [-0.2, 0) is 14.6 Å². The molecule has 2 atom stereocenters. The fourth-order valence-corrected chi connectivity index (χ4v) is 3.89. The van der Waals surface area contributed by atoms with E-state index >= 15 is 0 Å². The number of carbonyl (C=O) groups is 1. The second-order valence-electron chi connectivity index (χ2n) is 5.05. The molecular formula is C14H18FNO4S. The summed E-state index contributed by atoms with van der Waals surface area (Å²) in [7, 11) is -3.05. The minimum absolute atomic E-state index is 0.0125. The first-order chi connectivity index (χ1) is 9.91. The first-order valence-electron chi connectivity index (χ1n) is 6.83. The van der Waals surface area contributed by atoms with E-state index in [4.69, 9.17) is 4.74 Å². The maximum Gasteiger partial charge on any atom is 0.261 e. The first-order valence-corrected chi connectivity index (χ1v) is 8.65. The van der Waals surface area contributed by atoms with Gasteiger partial charge in [0.15, 0.2) is 27.5 Å². The Kier molecular flexibility index (Phi) is 4.82. The molecule has 21 heavy (non-hydrogen) atoms. The lowest BCUT2D eigenvalue weighted by Gasteiger charge is -2.19. The number of nitrogens with one attached hydrogen (secondary N) is 1. The normalized spacial score (nSPS) is 21.7. The third-order valence-corrected chi connectivity index (χ3v) is 5.12. The maximum atomic E-state index is 13.5. The van der Waals surface area contributed by atoms with Gasteiger partial charge in [-0.15, -0.1) is 0 Å². The minimum Gasteiger partial charge on any atom is -0.478 e. The monoisotopic (exact) mass is 315 g/mol. The van der Waals surface area contributed by atoms with Crippen molar-refractivity contribution in [3.05, 3.63) is 30.1 Å². The molecule has 5 nitrogen and oxygen atoms in total. The predicted molar refractivity (Wildman–Crippen MR) is 76.3 cm³/mol. The largest absolute Gasteiger partial charge is 0.478 e. The van der Waals surface area contributed by atoms with Gasteiger partial charge in [0, 0.05) is 6.04 Å². The number of carbonyl (C=O) groups excluding carboxylic acids is 1. The van der Waals surface area contributed by atoms with E-state index in [1.807, 2.05) is 0 Å². The van der Waals surface area contributed by atoms with Crippen LogP contribution in [0.2, 0.25) is 0 Å². The van der Waals surface area contributed by atoms with Crippen molar-refractivity contribution in [2.24, 2.45) is 0 Å². The van der Waals surface area contributed by atoms with Crippen molar-refractivity contribution < 1.29 is 22.3 Å². The molecule has 1 aliphatic rings. The molecule has 7 heteroatoms. The van der Waals surface area contributed by atoms with Crippen LogP contribution in [0.5, 0.6) is 5.75 Å². The lowest BCUT2D eigenvalue weighted by Crippen LogP contribution is -2.44. The van der Waals surface area contributed by atoms with Crippen molar-refractivity contribution >= 4 is 15.7 Å². The van der Waals surface area contributed by atoms with Crippen molar-refractivity contribution in [1.29, 1.82) is 0 Å². The highest BCUT2D eigenvalue weighted by Crippen LogP contribution is 2.18. The first kappa shape index (κ1) is 15.8. The van der Waals surface area contributed by atoms with Gasteiger partial charge in [0.1, 0.15) is 0 Å². The molecule has 2 rings (SSSR count). The van der Waals surface area contributed by atoms with Crippen molar-refractivity contribution in [1.82, 2.24) is 5.32 Å². The van der Waals surface area contributed by atoms with Crippen LogP contribution in [-0.4, -0.2) is 38.0 Å². The van der Waals surface area contributed by atoms with Crippen molar-refractivity contribution in [2.75, 3.05) is 11.5 Å². The Bertz CT molecular complexity index is 617. The van der Waals surface area contributed by atoms with Gasteiger partial charge in [-0.25, -0.2) is 12.8 Å². The number of halogens is 1. The molecule has 1 aromatic carbocycles. The summed E-state index contributed by atoms with van der Waals surface area (Å²) in [4.78, 5) is 12.1. The molecule has 0 bridgehead atoms. The third kappa shape index (κ3) is 4.17. The maximum absolute atomic E-state index is 13.5. The average Bonchev–Trinajstić information content (AvgIpc) is 2.77. The summed E-state index contributed by atoms with van der Waals surface area (Å²) in [6.45, 7) is 1.75. The molecule has 0 aliphatic carbocycles. The Morgan fingerprint density at radius 3 is 2.76 bits per heavy atom. The molecule has 1 amide bonds. The second kappa shape index (κ2) is 6.43. The van der Waals surface area contributed by atoms with Gasteiger partial charge in [-0.2, -0.15) is 0 Å². The Hall–Kier alpha value is -1.63. The zero-order valence-corrected chi connectivity index (χ0v) is 12.5. The molecule has 1 N–H and O–H groups in total. The number of amides is 1. The second-order valence-corrected chi connectivity index (χ2v) is 7.28. The highest BCUT2D eigenvalue weighted by Gasteiger charge is 2.31. The Labute approximate surface area is 123 Å². The number of hydrogen-bond donors (Lipinski definition) is 1. The van der Waals surface area contributed by atoms with Crippen LogP contribution in [0.3, 0.4) is 0 Å². The summed E-state index contributed by atoms with van der Waals surface area (Å²) in [5.74, 6) is -0.897. The van der Waals surface area contributed by atoms with E-state index in [1.165, 1.54) is 18.2 Å². The zero-order valence-electron chi connectivity index (χ0n) is 11.7. The number of rotatable bonds is 5. The lowest BCUT2D eigenvalue weighted by atomic mass is 10.2. The van der Waals surface area contributed by atoms with E-state index in [9.17, 15) is 17.6 Å². The predicted octanol–water partition coefficient (Wildman–Crippen LogP) is 1.29. The van der Waals surface area contributed by atoms with Crippen LogP contribution >= 0.6 is 0 Å². The molecule has 0 spiro atoms. The van der Waals surface area contributed by atoms with Crippen molar-refractivity contribution in [3.63, 3.8) is 0 Å². The van der Waals surface area contributed by atoms with Crippen LogP contribution < -0.4 is 10.1 Å². The van der Waals surface area contributed by atoms with Crippen LogP contribution in [0.25, 0.3) is 0 Å². The van der Waals surface area contributed by atoms with E-state index in [-0.39, 0.29) is 23.3 Å². The van der Waals surface area contributed by atoms with Crippen molar-refractivity contribution in [2.45, 2.75) is 31.9 Å². The minimum atomic E-state index is -3.05. The van der Waals surface area contributed by atoms with Gasteiger partial charge in [0.25, 0.3) is 5.91 Å². The van der Waals surface area contributed by atoms with Gasteiger partial charge >= 0.3 is 0 Å². The number of hydrogen-bond acceptors (Lipinski definition) is 4. The fourth-order valence-electron chi connectivity index (χ4n) is 2.22. The van der Waals surface area contributed by atoms with Crippen LogP contribution in [0.15, 0.2) is 24.3 Å². The fraction of sp³-hybridized carbons (Fsp3) is 0.500. The highest BCUT2D eigenvalue weighted by atomic mass is 32.2. The van der Waals surface area contributed by atoms with Gasteiger partial charge in [-0.1, -0.05) is 19.1 Å². The quantitative estimate of drug-likeness (QED) is 0.888. The zero-order chi connectivity index (χ0) is 15.5. The van der Waals surface area contributed by atoms with Crippen LogP contribution in [0.1, 0.15) is 19.8 Å². The standard InChI is InChI=1S/C14H18FNO4S/c1-2-12(20-13-6-4-3-5-11(13)15)14(17)16-10-7-8-21(18,19)9-10/h3-6,10,12H,2,7-9H2,1H3,(H,16,17)/t10-,12-/m0/s1. The molecule has 0 unspecified atom stereocenters. The van der Waals surface area contributed by atoms with Gasteiger partial charge in [-0.05, 0) is 25.0 Å². The van der Waals surface area contributed by atoms with Gasteiger partial charge in [-0.3, -0.25) is 4.79 Å². The van der Waals surface area contributed by atoms with Gasteiger partial charge in [0.2, 0.25) is 0 Å². The topological polar surface area (TPSA) is 72.5 Å². The highest BCUT2D eigenvalue weighted by molar-refractivity contribution is 7.91. The lowest BCUT2D eigenvalue weighted by molar-refractivity contribution is -0.128. The number of ether oxygens (including phenoxy) is 1. The van der Waals surface area contributed by atoms with Gasteiger partial charge < -0.3 is 10.1 Å². The molecule has 116 valence electrons. The summed E-state index contributed by atoms with van der Waals surface area (Å²) in [6.07, 6.45) is -0.0747. The molecule has 1 saturated heterocycles. The third-order valence-electron chi connectivity index (χ3n) is 3.35. The molecule has 1 aliphatic heterocycles. The van der Waals surface area contributed by atoms with E-state index in [1.54, 1.807) is 13.0 Å². The van der Waals surface area contributed by atoms with Crippen molar-refractivity contribution in [3.8, 4) is 5.75 Å². The van der Waals surface area contributed by atoms with E-state index in [0.717, 1.165) is 0 Å². The molecule has 0 aromatic heterocycles. The smallest absolute Gasteiger partial charge is 0.261 e. The number of benzene rings is 1. The SMILES string of the molecule is CC[C@H](Oc1ccccc1F)C(=O)N[C@H]1CCS(=O)(=O)C1. The molecule has 1 aromatic rings. The Morgan fingerprint density at radius 2 is 2.19 bits per heavy atom. The average molecular weight is 315 g/mol. The van der Waals surface area contributed by atoms with E-state index in [2.05, 4.69) is 5.32 Å². The molecule has 1 fully saturated rings. The molecule has 0 saturated carbocycles. The summed E-state index contributed by atoms with van der Waals surface area (Å²) in [6, 6.07) is 5.47. The molecule has 1 heterocycles. The molecule has 0 radical (unpaired) electrons. The Balaban J connectivity index is 1.98. The number of para-hydroxylation sites is 1. The summed E-state index contributed by atoms with van der Waals surface area (Å²) >= 11 is 0. The summed E-state index contributed by atoms with van der Waals surface area (Å²) in [5.41, 5.74) is 0. The van der Waals surface area contributed by atoms with E-state index in [0.29, 0.717) is 12.8 Å². The number of sulfone groups is 1. The van der Waals surface area contributed by atoms with Crippen LogP contribution in [0.4, 0.5) is 4.39 Å². The Morgan fingerprint density at radius 1 is 1.48 bits per heavy atom. The summed E-state index contributed by atoms with van der Waals surface area (Å²) in [5, 5.41) is 2.66.